The van der Waals surface area contributed by atoms with Crippen LogP contribution >= 0.6 is 0 Å². The standard InChI is InChI=1S/C23H26N2O3S/c1-6-18-8-10-20(11-9-18)29(26,27)21-12-7-17(4)24-23(21)25-22-15(2)13-19(28-5)14-16(22)3/h7-14H,6H2,1-5H3,(H,24,25). The lowest BCUT2D eigenvalue weighted by Crippen LogP contribution is -2.09. The number of aromatic nitrogens is 1. The summed E-state index contributed by atoms with van der Waals surface area (Å²) in [4.78, 5) is 4.91. The van der Waals surface area contributed by atoms with Gasteiger partial charge >= 0.3 is 0 Å². The minimum Gasteiger partial charge on any atom is -0.497 e. The highest BCUT2D eigenvalue weighted by molar-refractivity contribution is 7.91. The normalized spacial score (nSPS) is 11.3. The number of nitrogens with one attached hydrogen (secondary N) is 1. The Morgan fingerprint density at radius 1 is 0.966 bits per heavy atom. The number of sulfone groups is 1. The number of nitrogens with zero attached hydrogens (tertiary/aromatic N) is 1. The predicted octanol–water partition coefficient (Wildman–Crippen LogP) is 5.15. The molecule has 0 bridgehead atoms. The molecular formula is C23H26N2O3S. The number of hydrogen-bond acceptors (Lipinski definition) is 5. The second kappa shape index (κ2) is 8.25. The first-order valence-corrected chi connectivity index (χ1v) is 11.0. The molecule has 0 atom stereocenters. The van der Waals surface area contributed by atoms with Gasteiger partial charge in [0.1, 0.15) is 16.5 Å². The summed E-state index contributed by atoms with van der Waals surface area (Å²) in [6, 6.07) is 14.1. The Balaban J connectivity index is 2.09. The van der Waals surface area contributed by atoms with Gasteiger partial charge in [0.25, 0.3) is 0 Å². The van der Waals surface area contributed by atoms with Gasteiger partial charge < -0.3 is 10.1 Å². The second-order valence-corrected chi connectivity index (χ2v) is 8.98. The molecule has 0 radical (unpaired) electrons. The lowest BCUT2D eigenvalue weighted by Gasteiger charge is -2.17. The van der Waals surface area contributed by atoms with Crippen LogP contribution in [0.25, 0.3) is 0 Å². The number of methoxy groups -OCH3 is 1. The van der Waals surface area contributed by atoms with Gasteiger partial charge in [0.2, 0.25) is 9.84 Å². The second-order valence-electron chi connectivity index (χ2n) is 7.06. The van der Waals surface area contributed by atoms with E-state index in [0.717, 1.165) is 40.2 Å². The van der Waals surface area contributed by atoms with Crippen molar-refractivity contribution in [2.45, 2.75) is 43.9 Å². The average molecular weight is 411 g/mol. The van der Waals surface area contributed by atoms with Gasteiger partial charge in [0, 0.05) is 11.4 Å². The van der Waals surface area contributed by atoms with E-state index in [2.05, 4.69) is 10.3 Å². The van der Waals surface area contributed by atoms with E-state index < -0.39 is 9.84 Å². The summed E-state index contributed by atoms with van der Waals surface area (Å²) >= 11 is 0. The SMILES string of the molecule is CCc1ccc(S(=O)(=O)c2ccc(C)nc2Nc2c(C)cc(OC)cc2C)cc1. The third-order valence-electron chi connectivity index (χ3n) is 4.91. The fourth-order valence-corrected chi connectivity index (χ4v) is 4.59. The fourth-order valence-electron chi connectivity index (χ4n) is 3.24. The number of benzene rings is 2. The van der Waals surface area contributed by atoms with E-state index in [4.69, 9.17) is 4.74 Å². The van der Waals surface area contributed by atoms with E-state index in [1.165, 1.54) is 0 Å². The Hall–Kier alpha value is -2.86. The molecule has 0 amide bonds. The quantitative estimate of drug-likeness (QED) is 0.608. The van der Waals surface area contributed by atoms with E-state index in [0.29, 0.717) is 5.82 Å². The van der Waals surface area contributed by atoms with Crippen molar-refractivity contribution in [3.05, 3.63) is 70.9 Å². The summed E-state index contributed by atoms with van der Waals surface area (Å²) in [5.74, 6) is 1.08. The molecule has 152 valence electrons. The van der Waals surface area contributed by atoms with Crippen LogP contribution in [0.1, 0.15) is 29.3 Å². The highest BCUT2D eigenvalue weighted by Crippen LogP contribution is 2.33. The highest BCUT2D eigenvalue weighted by atomic mass is 32.2. The summed E-state index contributed by atoms with van der Waals surface area (Å²) in [7, 11) is -2.10. The Labute approximate surface area is 172 Å². The number of rotatable bonds is 6. The first-order chi connectivity index (χ1) is 13.8. The van der Waals surface area contributed by atoms with Gasteiger partial charge in [0.15, 0.2) is 0 Å². The number of anilines is 2. The van der Waals surface area contributed by atoms with Gasteiger partial charge in [0.05, 0.1) is 12.0 Å². The third-order valence-corrected chi connectivity index (χ3v) is 6.72. The summed E-state index contributed by atoms with van der Waals surface area (Å²) < 4.78 is 32.0. The molecule has 5 nitrogen and oxygen atoms in total. The first kappa shape index (κ1) is 20.9. The van der Waals surface area contributed by atoms with E-state index in [9.17, 15) is 8.42 Å². The Morgan fingerprint density at radius 3 is 2.14 bits per heavy atom. The number of ether oxygens (including phenoxy) is 1. The molecule has 0 aliphatic carbocycles. The molecule has 0 spiro atoms. The molecule has 1 N–H and O–H groups in total. The Bertz CT molecular complexity index is 1110. The van der Waals surface area contributed by atoms with Crippen molar-refractivity contribution < 1.29 is 13.2 Å². The minimum absolute atomic E-state index is 0.155. The topological polar surface area (TPSA) is 68.3 Å². The largest absolute Gasteiger partial charge is 0.497 e. The maximum Gasteiger partial charge on any atom is 0.210 e. The zero-order valence-electron chi connectivity index (χ0n) is 17.4. The molecule has 29 heavy (non-hydrogen) atoms. The lowest BCUT2D eigenvalue weighted by molar-refractivity contribution is 0.414. The summed E-state index contributed by atoms with van der Waals surface area (Å²) in [6.07, 6.45) is 0.856. The molecule has 0 fully saturated rings. The molecule has 6 heteroatoms. The van der Waals surface area contributed by atoms with Crippen molar-refractivity contribution in [3.8, 4) is 5.75 Å². The minimum atomic E-state index is -3.72. The van der Waals surface area contributed by atoms with Crippen molar-refractivity contribution >= 4 is 21.3 Å². The molecule has 0 aliphatic rings. The van der Waals surface area contributed by atoms with Crippen molar-refractivity contribution in [2.75, 3.05) is 12.4 Å². The number of pyridine rings is 1. The maximum atomic E-state index is 13.3. The molecule has 3 aromatic rings. The summed E-state index contributed by atoms with van der Waals surface area (Å²) in [5.41, 5.74) is 4.54. The molecule has 1 aromatic heterocycles. The lowest BCUT2D eigenvalue weighted by atomic mass is 10.1. The molecule has 2 aromatic carbocycles. The van der Waals surface area contributed by atoms with Crippen LogP contribution in [0, 0.1) is 20.8 Å². The molecule has 0 saturated heterocycles. The van der Waals surface area contributed by atoms with Gasteiger partial charge in [-0.15, -0.1) is 0 Å². The van der Waals surface area contributed by atoms with Crippen molar-refractivity contribution in [2.24, 2.45) is 0 Å². The van der Waals surface area contributed by atoms with Crippen molar-refractivity contribution in [1.82, 2.24) is 4.98 Å². The third kappa shape index (κ3) is 4.27. The zero-order chi connectivity index (χ0) is 21.2. The zero-order valence-corrected chi connectivity index (χ0v) is 18.2. The predicted molar refractivity (Wildman–Crippen MR) is 116 cm³/mol. The molecule has 3 rings (SSSR count). The average Bonchev–Trinajstić information content (AvgIpc) is 2.70. The van der Waals surface area contributed by atoms with Crippen molar-refractivity contribution in [3.63, 3.8) is 0 Å². The van der Waals surface area contributed by atoms with Crippen LogP contribution in [-0.2, 0) is 16.3 Å². The molecule has 1 heterocycles. The smallest absolute Gasteiger partial charge is 0.210 e. The van der Waals surface area contributed by atoms with Crippen LogP contribution in [0.5, 0.6) is 5.75 Å². The van der Waals surface area contributed by atoms with Gasteiger partial charge in [-0.3, -0.25) is 0 Å². The van der Waals surface area contributed by atoms with Crippen molar-refractivity contribution in [1.29, 1.82) is 0 Å². The van der Waals surface area contributed by atoms with E-state index in [1.807, 2.05) is 52.0 Å². The summed E-state index contributed by atoms with van der Waals surface area (Å²) in [6.45, 7) is 7.77. The molecular weight excluding hydrogens is 384 g/mol. The molecule has 0 saturated carbocycles. The van der Waals surface area contributed by atoms with Gasteiger partial charge in [-0.25, -0.2) is 13.4 Å². The Kier molecular flexibility index (Phi) is 5.94. The van der Waals surface area contributed by atoms with Crippen LogP contribution in [0.4, 0.5) is 11.5 Å². The van der Waals surface area contributed by atoms with Crippen LogP contribution in [0.3, 0.4) is 0 Å². The van der Waals surface area contributed by atoms with Gasteiger partial charge in [-0.05, 0) is 80.3 Å². The molecule has 0 aliphatic heterocycles. The van der Waals surface area contributed by atoms with Gasteiger partial charge in [-0.1, -0.05) is 19.1 Å². The fraction of sp³-hybridized carbons (Fsp3) is 0.261. The summed E-state index contributed by atoms with van der Waals surface area (Å²) in [5, 5.41) is 3.25. The molecule has 0 unspecified atom stereocenters. The van der Waals surface area contributed by atoms with Gasteiger partial charge in [-0.2, -0.15) is 0 Å². The van der Waals surface area contributed by atoms with E-state index >= 15 is 0 Å². The van der Waals surface area contributed by atoms with E-state index in [1.54, 1.807) is 31.4 Å². The number of hydrogen-bond donors (Lipinski definition) is 1. The number of aryl methyl sites for hydroxylation is 4. The van der Waals surface area contributed by atoms with E-state index in [-0.39, 0.29) is 9.79 Å². The van der Waals surface area contributed by atoms with Crippen LogP contribution < -0.4 is 10.1 Å². The van der Waals surface area contributed by atoms with Crippen LogP contribution in [-0.4, -0.2) is 20.5 Å². The maximum absolute atomic E-state index is 13.3. The highest BCUT2D eigenvalue weighted by Gasteiger charge is 2.23. The van der Waals surface area contributed by atoms with Crippen LogP contribution in [0.15, 0.2) is 58.3 Å². The Morgan fingerprint density at radius 2 is 1.59 bits per heavy atom. The monoisotopic (exact) mass is 410 g/mol. The first-order valence-electron chi connectivity index (χ1n) is 9.50. The van der Waals surface area contributed by atoms with Crippen LogP contribution in [0.2, 0.25) is 0 Å².